The minimum atomic E-state index is -0.0908. The molecule has 4 heteroatoms. The van der Waals surface area contributed by atoms with Crippen molar-refractivity contribution >= 4 is 27.7 Å². The Morgan fingerprint density at radius 1 is 1.08 bits per heavy atom. The molecule has 0 spiro atoms. The molecule has 0 saturated heterocycles. The van der Waals surface area contributed by atoms with Crippen LogP contribution in [0.1, 0.15) is 28.9 Å². The predicted molar refractivity (Wildman–Crippen MR) is 95.9 cm³/mol. The monoisotopic (exact) mass is 315 g/mol. The van der Waals surface area contributed by atoms with Gasteiger partial charge in [0.2, 0.25) is 0 Å². The number of carbonyl (C=O) groups excluding carboxylic acids is 1. The summed E-state index contributed by atoms with van der Waals surface area (Å²) in [6.07, 6.45) is 1.63. The maximum atomic E-state index is 12.6. The summed E-state index contributed by atoms with van der Waals surface area (Å²) in [6, 6.07) is 19.8. The molecule has 1 aromatic heterocycles. The van der Waals surface area contributed by atoms with E-state index in [2.05, 4.69) is 39.6 Å². The van der Waals surface area contributed by atoms with Crippen molar-refractivity contribution in [3.8, 4) is 0 Å². The Morgan fingerprint density at radius 3 is 2.83 bits per heavy atom. The van der Waals surface area contributed by atoms with E-state index in [-0.39, 0.29) is 11.9 Å². The SMILES string of the molecule is CC(NC(=O)c1ccc2nc[nH]c2c1)c1cccc2ccccc12. The van der Waals surface area contributed by atoms with Crippen LogP contribution in [0.25, 0.3) is 21.8 Å². The average molecular weight is 315 g/mol. The number of fused-ring (bicyclic) bond motifs is 2. The average Bonchev–Trinajstić information content (AvgIpc) is 3.08. The van der Waals surface area contributed by atoms with Gasteiger partial charge in [0, 0.05) is 5.56 Å². The van der Waals surface area contributed by atoms with Gasteiger partial charge in [-0.15, -0.1) is 0 Å². The molecule has 118 valence electrons. The van der Waals surface area contributed by atoms with Crippen LogP contribution in [-0.4, -0.2) is 15.9 Å². The van der Waals surface area contributed by atoms with E-state index in [1.807, 2.05) is 37.3 Å². The van der Waals surface area contributed by atoms with Crippen LogP contribution in [0.5, 0.6) is 0 Å². The molecule has 1 unspecified atom stereocenters. The summed E-state index contributed by atoms with van der Waals surface area (Å²) >= 11 is 0. The highest BCUT2D eigenvalue weighted by molar-refractivity contribution is 5.98. The molecule has 4 nitrogen and oxygen atoms in total. The highest BCUT2D eigenvalue weighted by Crippen LogP contribution is 2.24. The third-order valence-corrected chi connectivity index (χ3v) is 4.32. The van der Waals surface area contributed by atoms with E-state index >= 15 is 0 Å². The maximum Gasteiger partial charge on any atom is 0.251 e. The molecule has 0 aliphatic rings. The molecular weight excluding hydrogens is 298 g/mol. The van der Waals surface area contributed by atoms with Crippen molar-refractivity contribution in [3.05, 3.63) is 78.1 Å². The first-order valence-corrected chi connectivity index (χ1v) is 7.94. The predicted octanol–water partition coefficient (Wildman–Crippen LogP) is 4.21. The molecule has 2 N–H and O–H groups in total. The molecule has 3 aromatic carbocycles. The summed E-state index contributed by atoms with van der Waals surface area (Å²) in [5.41, 5.74) is 3.46. The molecular formula is C20H17N3O. The van der Waals surface area contributed by atoms with Crippen molar-refractivity contribution in [2.45, 2.75) is 13.0 Å². The van der Waals surface area contributed by atoms with Crippen LogP contribution in [0.15, 0.2) is 67.0 Å². The summed E-state index contributed by atoms with van der Waals surface area (Å²) in [6.45, 7) is 2.01. The zero-order chi connectivity index (χ0) is 16.5. The van der Waals surface area contributed by atoms with Gasteiger partial charge >= 0.3 is 0 Å². The summed E-state index contributed by atoms with van der Waals surface area (Å²) < 4.78 is 0. The molecule has 0 fully saturated rings. The van der Waals surface area contributed by atoms with Gasteiger partial charge in [-0.3, -0.25) is 4.79 Å². The number of imidazole rings is 1. The van der Waals surface area contributed by atoms with E-state index in [4.69, 9.17) is 0 Å². The Bertz CT molecular complexity index is 1030. The lowest BCUT2D eigenvalue weighted by Crippen LogP contribution is -2.26. The Balaban J connectivity index is 1.62. The molecule has 0 radical (unpaired) electrons. The molecule has 1 amide bonds. The first-order chi connectivity index (χ1) is 11.7. The van der Waals surface area contributed by atoms with Gasteiger partial charge in [-0.1, -0.05) is 42.5 Å². The van der Waals surface area contributed by atoms with Crippen molar-refractivity contribution < 1.29 is 4.79 Å². The fraction of sp³-hybridized carbons (Fsp3) is 0.100. The number of hydrogen-bond donors (Lipinski definition) is 2. The third-order valence-electron chi connectivity index (χ3n) is 4.32. The zero-order valence-corrected chi connectivity index (χ0v) is 13.3. The molecule has 0 aliphatic carbocycles. The van der Waals surface area contributed by atoms with E-state index < -0.39 is 0 Å². The molecule has 1 atom stereocenters. The second kappa shape index (κ2) is 5.81. The first kappa shape index (κ1) is 14.5. The summed E-state index contributed by atoms with van der Waals surface area (Å²) in [5.74, 6) is -0.0908. The standard InChI is InChI=1S/C20H17N3O/c1-13(16-8-4-6-14-5-2-3-7-17(14)16)23-20(24)15-9-10-18-19(11-15)22-12-21-18/h2-13H,1H3,(H,21,22)(H,23,24). The highest BCUT2D eigenvalue weighted by Gasteiger charge is 2.14. The number of H-pyrrole nitrogens is 1. The molecule has 4 aromatic rings. The highest BCUT2D eigenvalue weighted by atomic mass is 16.1. The van der Waals surface area contributed by atoms with Crippen LogP contribution in [0.3, 0.4) is 0 Å². The number of aromatic amines is 1. The minimum Gasteiger partial charge on any atom is -0.345 e. The number of carbonyl (C=O) groups is 1. The normalized spacial score (nSPS) is 12.4. The van der Waals surface area contributed by atoms with Gasteiger partial charge in [0.25, 0.3) is 5.91 Å². The van der Waals surface area contributed by atoms with E-state index in [0.29, 0.717) is 5.56 Å². The molecule has 24 heavy (non-hydrogen) atoms. The van der Waals surface area contributed by atoms with Gasteiger partial charge in [-0.05, 0) is 41.5 Å². The van der Waals surface area contributed by atoms with E-state index in [9.17, 15) is 4.79 Å². The van der Waals surface area contributed by atoms with Gasteiger partial charge in [-0.2, -0.15) is 0 Å². The zero-order valence-electron chi connectivity index (χ0n) is 13.3. The van der Waals surface area contributed by atoms with Gasteiger partial charge in [0.05, 0.1) is 23.4 Å². The largest absolute Gasteiger partial charge is 0.345 e. The van der Waals surface area contributed by atoms with Crippen molar-refractivity contribution in [1.82, 2.24) is 15.3 Å². The number of rotatable bonds is 3. The second-order valence-corrected chi connectivity index (χ2v) is 5.90. The van der Waals surface area contributed by atoms with Gasteiger partial charge in [0.1, 0.15) is 0 Å². The van der Waals surface area contributed by atoms with Gasteiger partial charge in [0.15, 0.2) is 0 Å². The number of nitrogens with zero attached hydrogens (tertiary/aromatic N) is 1. The Morgan fingerprint density at radius 2 is 1.92 bits per heavy atom. The molecule has 4 rings (SSSR count). The summed E-state index contributed by atoms with van der Waals surface area (Å²) in [7, 11) is 0. The van der Waals surface area contributed by atoms with Crippen LogP contribution >= 0.6 is 0 Å². The van der Waals surface area contributed by atoms with Crippen LogP contribution < -0.4 is 5.32 Å². The van der Waals surface area contributed by atoms with Crippen LogP contribution in [0.4, 0.5) is 0 Å². The van der Waals surface area contributed by atoms with E-state index in [1.54, 1.807) is 12.4 Å². The number of aromatic nitrogens is 2. The topological polar surface area (TPSA) is 57.8 Å². The molecule has 0 aliphatic heterocycles. The third kappa shape index (κ3) is 2.52. The van der Waals surface area contributed by atoms with Gasteiger partial charge in [-0.25, -0.2) is 4.98 Å². The van der Waals surface area contributed by atoms with Crippen LogP contribution in [0.2, 0.25) is 0 Å². The number of amides is 1. The molecule has 1 heterocycles. The van der Waals surface area contributed by atoms with Crippen LogP contribution in [-0.2, 0) is 0 Å². The van der Waals surface area contributed by atoms with Crippen molar-refractivity contribution in [2.75, 3.05) is 0 Å². The maximum absolute atomic E-state index is 12.6. The van der Waals surface area contributed by atoms with Crippen LogP contribution in [0, 0.1) is 0 Å². The van der Waals surface area contributed by atoms with E-state index in [1.165, 1.54) is 5.39 Å². The number of benzene rings is 3. The quantitative estimate of drug-likeness (QED) is 0.595. The Kier molecular flexibility index (Phi) is 3.50. The lowest BCUT2D eigenvalue weighted by Gasteiger charge is -2.16. The van der Waals surface area contributed by atoms with E-state index in [0.717, 1.165) is 22.0 Å². The lowest BCUT2D eigenvalue weighted by molar-refractivity contribution is 0.0940. The number of nitrogens with one attached hydrogen (secondary N) is 2. The number of hydrogen-bond acceptors (Lipinski definition) is 2. The Labute approximate surface area is 139 Å². The van der Waals surface area contributed by atoms with Gasteiger partial charge < -0.3 is 10.3 Å². The smallest absolute Gasteiger partial charge is 0.251 e. The molecule has 0 saturated carbocycles. The second-order valence-electron chi connectivity index (χ2n) is 5.90. The van der Waals surface area contributed by atoms with Crippen molar-refractivity contribution in [2.24, 2.45) is 0 Å². The first-order valence-electron chi connectivity index (χ1n) is 7.94. The molecule has 0 bridgehead atoms. The summed E-state index contributed by atoms with van der Waals surface area (Å²) in [5, 5.41) is 5.43. The fourth-order valence-corrected chi connectivity index (χ4v) is 3.06. The Hall–Kier alpha value is -3.14. The lowest BCUT2D eigenvalue weighted by atomic mass is 9.99. The minimum absolute atomic E-state index is 0.0823. The summed E-state index contributed by atoms with van der Waals surface area (Å²) in [4.78, 5) is 19.8. The fourth-order valence-electron chi connectivity index (χ4n) is 3.06. The van der Waals surface area contributed by atoms with Crippen molar-refractivity contribution in [3.63, 3.8) is 0 Å². The van der Waals surface area contributed by atoms with Crippen molar-refractivity contribution in [1.29, 1.82) is 0 Å².